The van der Waals surface area contributed by atoms with Crippen molar-refractivity contribution in [2.75, 3.05) is 13.2 Å². The maximum absolute atomic E-state index is 13.1. The van der Waals surface area contributed by atoms with E-state index in [2.05, 4.69) is 4.72 Å². The van der Waals surface area contributed by atoms with E-state index < -0.39 is 15.8 Å². The highest BCUT2D eigenvalue weighted by Gasteiger charge is 2.36. The molecule has 0 amide bonds. The van der Waals surface area contributed by atoms with Crippen LogP contribution in [-0.4, -0.2) is 39.9 Å². The molecule has 0 aromatic heterocycles. The van der Waals surface area contributed by atoms with Crippen LogP contribution >= 0.6 is 0 Å². The Morgan fingerprint density at radius 1 is 1.18 bits per heavy atom. The second kappa shape index (κ2) is 6.23. The highest BCUT2D eigenvalue weighted by atomic mass is 32.2. The van der Waals surface area contributed by atoms with Crippen molar-refractivity contribution in [3.05, 3.63) is 29.6 Å². The predicted molar refractivity (Wildman–Crippen MR) is 78.6 cm³/mol. The van der Waals surface area contributed by atoms with Gasteiger partial charge in [-0.05, 0) is 49.9 Å². The molecule has 7 heteroatoms. The summed E-state index contributed by atoms with van der Waals surface area (Å²) < 4.78 is 52.1. The van der Waals surface area contributed by atoms with E-state index in [0.29, 0.717) is 31.6 Å². The molecule has 1 aliphatic heterocycles. The molecule has 1 aromatic rings. The van der Waals surface area contributed by atoms with E-state index in [4.69, 9.17) is 9.47 Å². The van der Waals surface area contributed by atoms with Gasteiger partial charge in [0.15, 0.2) is 0 Å². The van der Waals surface area contributed by atoms with E-state index in [9.17, 15) is 12.8 Å². The number of hydrogen-bond donors (Lipinski definition) is 1. The molecule has 2 fully saturated rings. The van der Waals surface area contributed by atoms with E-state index in [0.717, 1.165) is 12.5 Å². The van der Waals surface area contributed by atoms with Crippen LogP contribution in [0.2, 0.25) is 0 Å². The summed E-state index contributed by atoms with van der Waals surface area (Å²) in [6, 6.07) is 3.51. The summed E-state index contributed by atoms with van der Waals surface area (Å²) in [5.41, 5.74) is 0.401. The van der Waals surface area contributed by atoms with Crippen molar-refractivity contribution in [2.45, 2.75) is 49.3 Å². The summed E-state index contributed by atoms with van der Waals surface area (Å²) in [6.07, 6.45) is 2.11. The first-order valence-electron chi connectivity index (χ1n) is 7.47. The first kappa shape index (κ1) is 15.9. The Morgan fingerprint density at radius 2 is 1.91 bits per heavy atom. The summed E-state index contributed by atoms with van der Waals surface area (Å²) in [7, 11) is -3.66. The lowest BCUT2D eigenvalue weighted by Crippen LogP contribution is -2.49. The van der Waals surface area contributed by atoms with Crippen molar-refractivity contribution in [3.63, 3.8) is 0 Å². The van der Waals surface area contributed by atoms with Crippen molar-refractivity contribution in [1.29, 1.82) is 0 Å². The molecule has 122 valence electrons. The molecule has 5 nitrogen and oxygen atoms in total. The fourth-order valence-electron chi connectivity index (χ4n) is 3.17. The van der Waals surface area contributed by atoms with Gasteiger partial charge in [-0.15, -0.1) is 0 Å². The molecule has 0 radical (unpaired) electrons. The highest BCUT2D eigenvalue weighted by Crippen LogP contribution is 2.28. The second-order valence-electron chi connectivity index (χ2n) is 5.86. The van der Waals surface area contributed by atoms with Crippen LogP contribution in [0, 0.1) is 12.7 Å². The van der Waals surface area contributed by atoms with E-state index >= 15 is 0 Å². The zero-order valence-corrected chi connectivity index (χ0v) is 13.2. The van der Waals surface area contributed by atoms with Crippen molar-refractivity contribution in [1.82, 2.24) is 4.72 Å². The van der Waals surface area contributed by atoms with E-state index in [-0.39, 0.29) is 23.1 Å². The van der Waals surface area contributed by atoms with Crippen LogP contribution < -0.4 is 4.72 Å². The van der Waals surface area contributed by atoms with Gasteiger partial charge in [0.05, 0.1) is 30.3 Å². The van der Waals surface area contributed by atoms with Gasteiger partial charge in [0, 0.05) is 6.04 Å². The first-order chi connectivity index (χ1) is 10.5. The van der Waals surface area contributed by atoms with Crippen LogP contribution in [0.3, 0.4) is 0 Å². The van der Waals surface area contributed by atoms with Gasteiger partial charge in [0.1, 0.15) is 5.82 Å². The first-order valence-corrected chi connectivity index (χ1v) is 8.96. The molecule has 0 bridgehead atoms. The summed E-state index contributed by atoms with van der Waals surface area (Å²) in [6.45, 7) is 2.75. The maximum Gasteiger partial charge on any atom is 0.241 e. The number of ether oxygens (including phenoxy) is 2. The molecule has 22 heavy (non-hydrogen) atoms. The zero-order chi connectivity index (χ0) is 15.7. The molecule has 1 aliphatic carbocycles. The third kappa shape index (κ3) is 3.32. The Bertz CT molecular complexity index is 649. The van der Waals surface area contributed by atoms with Crippen LogP contribution in [-0.2, 0) is 19.5 Å². The van der Waals surface area contributed by atoms with Gasteiger partial charge in [-0.3, -0.25) is 0 Å². The molecule has 1 heterocycles. The van der Waals surface area contributed by atoms with Gasteiger partial charge in [0.2, 0.25) is 10.0 Å². The number of fused-ring (bicyclic) bond motifs is 1. The Kier molecular flexibility index (Phi) is 4.49. The minimum Gasteiger partial charge on any atom is -0.373 e. The highest BCUT2D eigenvalue weighted by molar-refractivity contribution is 7.89. The summed E-state index contributed by atoms with van der Waals surface area (Å²) in [4.78, 5) is 0.122. The molecule has 1 saturated carbocycles. The third-order valence-electron chi connectivity index (χ3n) is 4.23. The van der Waals surface area contributed by atoms with Gasteiger partial charge in [-0.2, -0.15) is 0 Å². The average Bonchev–Trinajstić information content (AvgIpc) is 2.46. The molecule has 3 atom stereocenters. The van der Waals surface area contributed by atoms with Gasteiger partial charge >= 0.3 is 0 Å². The molecular weight excluding hydrogens is 309 g/mol. The molecular formula is C15H20FNO4S. The summed E-state index contributed by atoms with van der Waals surface area (Å²) in [5, 5.41) is 0. The standard InChI is InChI=1S/C15H20FNO4S/c1-10-8-11(16)2-5-15(10)22(18,19)17-12-3-4-13-14(9-12)21-7-6-20-13/h2,5,8,12-14,17H,3-4,6-7,9H2,1H3/t12-,13+,14-/m1/s1. The largest absolute Gasteiger partial charge is 0.373 e. The predicted octanol–water partition coefficient (Wildman–Crippen LogP) is 1.75. The van der Waals surface area contributed by atoms with Crippen molar-refractivity contribution in [3.8, 4) is 0 Å². The Hall–Kier alpha value is -1.02. The number of aryl methyl sites for hydroxylation is 1. The Morgan fingerprint density at radius 3 is 2.64 bits per heavy atom. The number of hydrogen-bond acceptors (Lipinski definition) is 4. The van der Waals surface area contributed by atoms with Crippen molar-refractivity contribution < 1.29 is 22.3 Å². The molecule has 0 unspecified atom stereocenters. The van der Waals surface area contributed by atoms with E-state index in [1.54, 1.807) is 6.92 Å². The van der Waals surface area contributed by atoms with Crippen molar-refractivity contribution in [2.24, 2.45) is 0 Å². The zero-order valence-electron chi connectivity index (χ0n) is 12.4. The SMILES string of the molecule is Cc1cc(F)ccc1S(=O)(=O)N[C@@H]1CC[C@@H]2OCCO[C@@H]2C1. The number of nitrogens with one attached hydrogen (secondary N) is 1. The molecule has 1 aromatic carbocycles. The summed E-state index contributed by atoms with van der Waals surface area (Å²) in [5.74, 6) is -0.440. The molecule has 1 saturated heterocycles. The van der Waals surface area contributed by atoms with Crippen LogP contribution in [0.4, 0.5) is 4.39 Å². The van der Waals surface area contributed by atoms with Gasteiger partial charge < -0.3 is 9.47 Å². The minimum absolute atomic E-state index is 0.0514. The van der Waals surface area contributed by atoms with Crippen molar-refractivity contribution >= 4 is 10.0 Å². The van der Waals surface area contributed by atoms with Crippen LogP contribution in [0.1, 0.15) is 24.8 Å². The van der Waals surface area contributed by atoms with Gasteiger partial charge in [-0.1, -0.05) is 0 Å². The van der Waals surface area contributed by atoms with Gasteiger partial charge in [0.25, 0.3) is 0 Å². The molecule has 2 aliphatic rings. The lowest BCUT2D eigenvalue weighted by molar-refractivity contribution is -0.156. The van der Waals surface area contributed by atoms with Gasteiger partial charge in [-0.25, -0.2) is 17.5 Å². The number of rotatable bonds is 3. The van der Waals surface area contributed by atoms with Crippen LogP contribution in [0.5, 0.6) is 0 Å². The number of benzene rings is 1. The smallest absolute Gasteiger partial charge is 0.241 e. The van der Waals surface area contributed by atoms with E-state index in [1.165, 1.54) is 12.1 Å². The Labute approximate surface area is 129 Å². The molecule has 0 spiro atoms. The van der Waals surface area contributed by atoms with Crippen LogP contribution in [0.15, 0.2) is 23.1 Å². The monoisotopic (exact) mass is 329 g/mol. The Balaban J connectivity index is 1.71. The number of sulfonamides is 1. The average molecular weight is 329 g/mol. The molecule has 1 N–H and O–H groups in total. The maximum atomic E-state index is 13.1. The van der Waals surface area contributed by atoms with E-state index in [1.807, 2.05) is 0 Å². The molecule has 3 rings (SSSR count). The van der Waals surface area contributed by atoms with Crippen LogP contribution in [0.25, 0.3) is 0 Å². The third-order valence-corrected chi connectivity index (χ3v) is 5.91. The normalized spacial score (nSPS) is 29.1. The fourth-order valence-corrected chi connectivity index (χ4v) is 4.68. The number of halogens is 1. The fraction of sp³-hybridized carbons (Fsp3) is 0.600. The quantitative estimate of drug-likeness (QED) is 0.917. The minimum atomic E-state index is -3.66. The topological polar surface area (TPSA) is 64.6 Å². The lowest BCUT2D eigenvalue weighted by Gasteiger charge is -2.38. The second-order valence-corrected chi connectivity index (χ2v) is 7.54. The lowest BCUT2D eigenvalue weighted by atomic mass is 9.90. The summed E-state index contributed by atoms with van der Waals surface area (Å²) >= 11 is 0.